The SMILES string of the molecule is O=C(Nc1nnc(-c2ccno2)o1)c1ccc2c(c1)OCO2. The summed E-state index contributed by atoms with van der Waals surface area (Å²) in [5, 5.41) is 13.5. The van der Waals surface area contributed by atoms with Gasteiger partial charge in [0.25, 0.3) is 11.8 Å². The molecule has 0 bridgehead atoms. The molecule has 0 fully saturated rings. The Kier molecular flexibility index (Phi) is 2.75. The number of nitrogens with zero attached hydrogens (tertiary/aromatic N) is 3. The number of hydrogen-bond acceptors (Lipinski definition) is 8. The minimum Gasteiger partial charge on any atom is -0.454 e. The van der Waals surface area contributed by atoms with E-state index in [2.05, 4.69) is 20.7 Å². The van der Waals surface area contributed by atoms with Crippen molar-refractivity contribution in [2.45, 2.75) is 0 Å². The highest BCUT2D eigenvalue weighted by Crippen LogP contribution is 2.32. The largest absolute Gasteiger partial charge is 0.454 e. The van der Waals surface area contributed by atoms with Crippen LogP contribution < -0.4 is 14.8 Å². The fourth-order valence-corrected chi connectivity index (χ4v) is 1.91. The van der Waals surface area contributed by atoms with Crippen LogP contribution in [0.15, 0.2) is 39.4 Å². The zero-order valence-corrected chi connectivity index (χ0v) is 11.0. The molecule has 0 spiro atoms. The van der Waals surface area contributed by atoms with Gasteiger partial charge in [0.05, 0.1) is 6.20 Å². The van der Waals surface area contributed by atoms with Gasteiger partial charge in [0.1, 0.15) is 0 Å². The number of amides is 1. The van der Waals surface area contributed by atoms with Gasteiger partial charge < -0.3 is 18.4 Å². The van der Waals surface area contributed by atoms with Crippen molar-refractivity contribution in [2.24, 2.45) is 0 Å². The summed E-state index contributed by atoms with van der Waals surface area (Å²) in [6, 6.07) is 6.36. The predicted molar refractivity (Wildman–Crippen MR) is 70.3 cm³/mol. The van der Waals surface area contributed by atoms with Crippen LogP contribution in [0.2, 0.25) is 0 Å². The summed E-state index contributed by atoms with van der Waals surface area (Å²) < 4.78 is 20.6. The Hall–Kier alpha value is -3.36. The van der Waals surface area contributed by atoms with Gasteiger partial charge >= 0.3 is 6.01 Å². The third-order valence-corrected chi connectivity index (χ3v) is 2.93. The molecule has 1 aromatic carbocycles. The molecule has 0 radical (unpaired) electrons. The van der Waals surface area contributed by atoms with Gasteiger partial charge in [0, 0.05) is 11.6 Å². The van der Waals surface area contributed by atoms with E-state index in [1.807, 2.05) is 0 Å². The summed E-state index contributed by atoms with van der Waals surface area (Å²) in [4.78, 5) is 12.1. The predicted octanol–water partition coefficient (Wildman–Crippen LogP) is 1.71. The van der Waals surface area contributed by atoms with E-state index >= 15 is 0 Å². The van der Waals surface area contributed by atoms with Gasteiger partial charge in [-0.1, -0.05) is 10.3 Å². The van der Waals surface area contributed by atoms with E-state index in [9.17, 15) is 4.79 Å². The molecule has 4 rings (SSSR count). The van der Waals surface area contributed by atoms with Gasteiger partial charge in [-0.2, -0.15) is 0 Å². The van der Waals surface area contributed by atoms with Crippen molar-refractivity contribution in [1.82, 2.24) is 15.4 Å². The van der Waals surface area contributed by atoms with Crippen LogP contribution in [0.25, 0.3) is 11.7 Å². The Morgan fingerprint density at radius 3 is 2.91 bits per heavy atom. The molecule has 3 aromatic rings. The highest BCUT2D eigenvalue weighted by molar-refractivity contribution is 6.03. The normalized spacial score (nSPS) is 12.4. The summed E-state index contributed by atoms with van der Waals surface area (Å²) >= 11 is 0. The number of anilines is 1. The number of rotatable bonds is 3. The lowest BCUT2D eigenvalue weighted by molar-refractivity contribution is 0.102. The number of carbonyl (C=O) groups is 1. The lowest BCUT2D eigenvalue weighted by Gasteiger charge is -2.01. The van der Waals surface area contributed by atoms with E-state index in [4.69, 9.17) is 18.4 Å². The van der Waals surface area contributed by atoms with Crippen LogP contribution in [0.4, 0.5) is 6.01 Å². The van der Waals surface area contributed by atoms with Gasteiger partial charge in [-0.05, 0) is 18.2 Å². The molecule has 0 aliphatic carbocycles. The van der Waals surface area contributed by atoms with Gasteiger partial charge in [-0.15, -0.1) is 5.10 Å². The summed E-state index contributed by atoms with van der Waals surface area (Å²) in [6.45, 7) is 0.143. The van der Waals surface area contributed by atoms with Gasteiger partial charge in [-0.3, -0.25) is 10.1 Å². The van der Waals surface area contributed by atoms with Crippen LogP contribution in [0.3, 0.4) is 0 Å². The fraction of sp³-hybridized carbons (Fsp3) is 0.0769. The van der Waals surface area contributed by atoms with E-state index in [0.29, 0.717) is 22.8 Å². The van der Waals surface area contributed by atoms with E-state index in [1.165, 1.54) is 6.20 Å². The quantitative estimate of drug-likeness (QED) is 0.777. The molecule has 0 saturated heterocycles. The van der Waals surface area contributed by atoms with Gasteiger partial charge in [0.2, 0.25) is 12.6 Å². The Bertz CT molecular complexity index is 827. The monoisotopic (exact) mass is 300 g/mol. The van der Waals surface area contributed by atoms with Crippen LogP contribution in [0.5, 0.6) is 11.5 Å². The Morgan fingerprint density at radius 2 is 2.05 bits per heavy atom. The van der Waals surface area contributed by atoms with Crippen molar-refractivity contribution in [3.63, 3.8) is 0 Å². The van der Waals surface area contributed by atoms with Crippen molar-refractivity contribution in [3.8, 4) is 23.1 Å². The molecule has 9 heteroatoms. The van der Waals surface area contributed by atoms with Gasteiger partial charge in [-0.25, -0.2) is 0 Å². The van der Waals surface area contributed by atoms with E-state index < -0.39 is 5.91 Å². The highest BCUT2D eigenvalue weighted by atomic mass is 16.7. The van der Waals surface area contributed by atoms with E-state index in [-0.39, 0.29) is 18.7 Å². The Labute approximate surface area is 122 Å². The summed E-state index contributed by atoms with van der Waals surface area (Å²) in [6.07, 6.45) is 1.45. The van der Waals surface area contributed by atoms with Crippen LogP contribution in [0.1, 0.15) is 10.4 Å². The first kappa shape index (κ1) is 12.4. The van der Waals surface area contributed by atoms with Crippen molar-refractivity contribution in [1.29, 1.82) is 0 Å². The van der Waals surface area contributed by atoms with Crippen LogP contribution in [-0.2, 0) is 0 Å². The maximum Gasteiger partial charge on any atom is 0.322 e. The van der Waals surface area contributed by atoms with E-state index in [0.717, 1.165) is 0 Å². The lowest BCUT2D eigenvalue weighted by atomic mass is 10.2. The molecule has 110 valence electrons. The minimum absolute atomic E-state index is 0.0472. The number of aromatic nitrogens is 3. The number of hydrogen-bond donors (Lipinski definition) is 1. The lowest BCUT2D eigenvalue weighted by Crippen LogP contribution is -2.12. The molecule has 1 aliphatic heterocycles. The van der Waals surface area contributed by atoms with Crippen LogP contribution >= 0.6 is 0 Å². The average molecular weight is 300 g/mol. The molecule has 1 N–H and O–H groups in total. The minimum atomic E-state index is -0.411. The number of nitrogens with one attached hydrogen (secondary N) is 1. The first-order valence-electron chi connectivity index (χ1n) is 6.25. The van der Waals surface area contributed by atoms with Crippen molar-refractivity contribution in [3.05, 3.63) is 36.0 Å². The molecule has 9 nitrogen and oxygen atoms in total. The maximum atomic E-state index is 12.1. The molecule has 22 heavy (non-hydrogen) atoms. The van der Waals surface area contributed by atoms with Crippen LogP contribution in [-0.4, -0.2) is 28.1 Å². The van der Waals surface area contributed by atoms with Gasteiger partial charge in [0.15, 0.2) is 11.5 Å². The second-order valence-electron chi connectivity index (χ2n) is 4.31. The average Bonchev–Trinajstić information content (AvgIpc) is 3.27. The van der Waals surface area contributed by atoms with E-state index in [1.54, 1.807) is 24.3 Å². The standard InChI is InChI=1S/C13H8N4O5/c18-11(7-1-2-8-10(5-7)20-6-19-8)15-13-17-16-12(21-13)9-3-4-14-22-9/h1-5H,6H2,(H,15,17,18). The Morgan fingerprint density at radius 1 is 1.14 bits per heavy atom. The number of ether oxygens (including phenoxy) is 2. The van der Waals surface area contributed by atoms with Crippen molar-refractivity contribution < 1.29 is 23.2 Å². The third kappa shape index (κ3) is 2.14. The number of carbonyl (C=O) groups excluding carboxylic acids is 1. The summed E-state index contributed by atoms with van der Waals surface area (Å²) in [5.74, 6) is 1.14. The molecular weight excluding hydrogens is 292 g/mol. The van der Waals surface area contributed by atoms with Crippen molar-refractivity contribution in [2.75, 3.05) is 12.1 Å². The molecule has 0 atom stereocenters. The smallest absolute Gasteiger partial charge is 0.322 e. The van der Waals surface area contributed by atoms with Crippen LogP contribution in [0, 0.1) is 0 Å². The summed E-state index contributed by atoms with van der Waals surface area (Å²) in [5.41, 5.74) is 0.378. The Balaban J connectivity index is 1.52. The molecular formula is C13H8N4O5. The summed E-state index contributed by atoms with van der Waals surface area (Å²) in [7, 11) is 0. The number of benzene rings is 1. The fourth-order valence-electron chi connectivity index (χ4n) is 1.91. The zero-order valence-electron chi connectivity index (χ0n) is 11.0. The highest BCUT2D eigenvalue weighted by Gasteiger charge is 2.18. The number of fused-ring (bicyclic) bond motifs is 1. The molecule has 3 heterocycles. The molecule has 2 aromatic heterocycles. The topological polar surface area (TPSA) is 113 Å². The first-order chi connectivity index (χ1) is 10.8. The first-order valence-corrected chi connectivity index (χ1v) is 6.25. The molecule has 0 unspecified atom stereocenters. The molecule has 1 aliphatic rings. The molecule has 1 amide bonds. The maximum absolute atomic E-state index is 12.1. The zero-order chi connectivity index (χ0) is 14.9. The molecule has 0 saturated carbocycles. The second-order valence-corrected chi connectivity index (χ2v) is 4.31. The third-order valence-electron chi connectivity index (χ3n) is 2.93. The van der Waals surface area contributed by atoms with Crippen molar-refractivity contribution >= 4 is 11.9 Å². The second kappa shape index (κ2) is 4.88.